The van der Waals surface area contributed by atoms with Gasteiger partial charge in [-0.2, -0.15) is 9.78 Å². The predicted molar refractivity (Wildman–Crippen MR) is 130 cm³/mol. The number of nitrogens with one attached hydrogen (secondary N) is 1. The van der Waals surface area contributed by atoms with Crippen LogP contribution in [0.3, 0.4) is 0 Å². The number of thiazole rings is 1. The van der Waals surface area contributed by atoms with Crippen molar-refractivity contribution in [3.05, 3.63) is 48.2 Å². The zero-order valence-corrected chi connectivity index (χ0v) is 19.8. The molecule has 0 bridgehead atoms. The van der Waals surface area contributed by atoms with Gasteiger partial charge in [-0.25, -0.2) is 4.98 Å². The molecule has 178 valence electrons. The molecule has 0 saturated carbocycles. The van der Waals surface area contributed by atoms with E-state index in [-0.39, 0.29) is 31.6 Å². The maximum absolute atomic E-state index is 13.2. The van der Waals surface area contributed by atoms with Crippen molar-refractivity contribution in [2.24, 2.45) is 5.92 Å². The SMILES string of the molecule is COc1ccc2nc(-n3nc(C)cc3NC(=O)C3CC(=O)N(c4ccc5c(c4)OCO5)C3)sc2c1. The third kappa shape index (κ3) is 3.83. The van der Waals surface area contributed by atoms with Gasteiger partial charge in [0.2, 0.25) is 23.7 Å². The molecule has 6 rings (SSSR count). The van der Waals surface area contributed by atoms with E-state index < -0.39 is 5.92 Å². The zero-order chi connectivity index (χ0) is 24.1. The molecule has 4 heterocycles. The highest BCUT2D eigenvalue weighted by Gasteiger charge is 2.36. The van der Waals surface area contributed by atoms with Crippen LogP contribution in [0.15, 0.2) is 42.5 Å². The second kappa shape index (κ2) is 8.27. The Balaban J connectivity index is 1.22. The van der Waals surface area contributed by atoms with Gasteiger partial charge in [0.15, 0.2) is 11.5 Å². The number of anilines is 2. The van der Waals surface area contributed by atoms with Crippen molar-refractivity contribution in [1.82, 2.24) is 14.8 Å². The van der Waals surface area contributed by atoms with Crippen LogP contribution >= 0.6 is 11.3 Å². The van der Waals surface area contributed by atoms with E-state index in [1.807, 2.05) is 25.1 Å². The lowest BCUT2D eigenvalue weighted by Gasteiger charge is -2.17. The minimum atomic E-state index is -0.504. The first-order valence-electron chi connectivity index (χ1n) is 11.0. The number of methoxy groups -OCH3 is 1. The summed E-state index contributed by atoms with van der Waals surface area (Å²) in [5.74, 6) is 1.63. The predicted octanol–water partition coefficient (Wildman–Crippen LogP) is 3.52. The van der Waals surface area contributed by atoms with E-state index in [9.17, 15) is 9.59 Å². The molecule has 2 aliphatic heterocycles. The molecule has 1 unspecified atom stereocenters. The fraction of sp³-hybridized carbons (Fsp3) is 0.250. The highest BCUT2D eigenvalue weighted by Crippen LogP contribution is 2.37. The van der Waals surface area contributed by atoms with Gasteiger partial charge in [-0.1, -0.05) is 11.3 Å². The summed E-state index contributed by atoms with van der Waals surface area (Å²) in [6.07, 6.45) is 0.119. The molecular weight excluding hydrogens is 470 g/mol. The van der Waals surface area contributed by atoms with Crippen molar-refractivity contribution in [2.75, 3.05) is 30.7 Å². The zero-order valence-electron chi connectivity index (χ0n) is 19.0. The van der Waals surface area contributed by atoms with Crippen LogP contribution in [0.1, 0.15) is 12.1 Å². The van der Waals surface area contributed by atoms with Gasteiger partial charge in [0.25, 0.3) is 0 Å². The van der Waals surface area contributed by atoms with Gasteiger partial charge in [0.1, 0.15) is 11.6 Å². The molecule has 1 fully saturated rings. The molecule has 1 N–H and O–H groups in total. The van der Waals surface area contributed by atoms with E-state index >= 15 is 0 Å². The Morgan fingerprint density at radius 3 is 2.89 bits per heavy atom. The number of benzene rings is 2. The minimum Gasteiger partial charge on any atom is -0.497 e. The van der Waals surface area contributed by atoms with Crippen molar-refractivity contribution >= 4 is 44.9 Å². The molecule has 1 atom stereocenters. The maximum atomic E-state index is 13.2. The number of aromatic nitrogens is 3. The summed E-state index contributed by atoms with van der Waals surface area (Å²) in [7, 11) is 1.62. The topological polar surface area (TPSA) is 108 Å². The van der Waals surface area contributed by atoms with E-state index in [2.05, 4.69) is 15.4 Å². The molecule has 1 saturated heterocycles. The first-order chi connectivity index (χ1) is 17.0. The second-order valence-corrected chi connectivity index (χ2v) is 9.35. The van der Waals surface area contributed by atoms with Gasteiger partial charge in [-0.3, -0.25) is 9.59 Å². The Morgan fingerprint density at radius 1 is 1.17 bits per heavy atom. The monoisotopic (exact) mass is 491 g/mol. The molecule has 11 heteroatoms. The second-order valence-electron chi connectivity index (χ2n) is 8.35. The Labute approximate surface area is 204 Å². The summed E-state index contributed by atoms with van der Waals surface area (Å²) in [5, 5.41) is 8.10. The normalized spacial score (nSPS) is 16.8. The summed E-state index contributed by atoms with van der Waals surface area (Å²) in [6.45, 7) is 2.29. The average molecular weight is 492 g/mol. The van der Waals surface area contributed by atoms with E-state index in [0.29, 0.717) is 28.1 Å². The fourth-order valence-corrected chi connectivity index (χ4v) is 5.22. The van der Waals surface area contributed by atoms with Gasteiger partial charge >= 0.3 is 0 Å². The van der Waals surface area contributed by atoms with Crippen molar-refractivity contribution < 1.29 is 23.8 Å². The highest BCUT2D eigenvalue weighted by atomic mass is 32.1. The number of amides is 2. The number of carbonyl (C=O) groups excluding carboxylic acids is 2. The van der Waals surface area contributed by atoms with Crippen LogP contribution in [0.5, 0.6) is 17.2 Å². The van der Waals surface area contributed by atoms with Crippen molar-refractivity contribution in [3.63, 3.8) is 0 Å². The third-order valence-corrected chi connectivity index (χ3v) is 7.01. The standard InChI is InChI=1S/C24H21N5O5S/c1-13-7-21(29(27-13)24-25-17-5-4-16(32-2)10-20(17)35-24)26-23(31)14-8-22(30)28(11-14)15-3-6-18-19(9-15)34-12-33-18/h3-7,9-10,14H,8,11-12H2,1-2H3,(H,26,31). The van der Waals surface area contributed by atoms with Crippen molar-refractivity contribution in [3.8, 4) is 22.4 Å². The molecule has 2 aromatic carbocycles. The number of hydrogen-bond donors (Lipinski definition) is 1. The van der Waals surface area contributed by atoms with Crippen LogP contribution in [0.25, 0.3) is 15.3 Å². The number of ether oxygens (including phenoxy) is 3. The van der Waals surface area contributed by atoms with Crippen LogP contribution in [-0.2, 0) is 9.59 Å². The maximum Gasteiger partial charge on any atom is 0.231 e. The minimum absolute atomic E-state index is 0.117. The van der Waals surface area contributed by atoms with E-state index in [0.717, 1.165) is 21.7 Å². The summed E-state index contributed by atoms with van der Waals surface area (Å²) in [4.78, 5) is 32.2. The summed E-state index contributed by atoms with van der Waals surface area (Å²) in [6, 6.07) is 12.8. The molecule has 35 heavy (non-hydrogen) atoms. The Hall–Kier alpha value is -4.12. The van der Waals surface area contributed by atoms with Crippen LogP contribution in [0.4, 0.5) is 11.5 Å². The molecule has 2 aliphatic rings. The summed E-state index contributed by atoms with van der Waals surface area (Å²) in [5.41, 5.74) is 2.24. The van der Waals surface area contributed by atoms with Crippen LogP contribution < -0.4 is 24.4 Å². The van der Waals surface area contributed by atoms with Crippen LogP contribution in [0, 0.1) is 12.8 Å². The van der Waals surface area contributed by atoms with E-state index in [1.165, 1.54) is 11.3 Å². The smallest absolute Gasteiger partial charge is 0.231 e. The molecule has 4 aromatic rings. The molecular formula is C24H21N5O5S. The summed E-state index contributed by atoms with van der Waals surface area (Å²) < 4.78 is 18.6. The van der Waals surface area contributed by atoms with Gasteiger partial charge in [0.05, 0.1) is 28.9 Å². The average Bonchev–Trinajstić information content (AvgIpc) is 3.63. The van der Waals surface area contributed by atoms with Crippen molar-refractivity contribution in [2.45, 2.75) is 13.3 Å². The lowest BCUT2D eigenvalue weighted by molar-refractivity contribution is -0.122. The quantitative estimate of drug-likeness (QED) is 0.455. The fourth-order valence-electron chi connectivity index (χ4n) is 4.26. The van der Waals surface area contributed by atoms with Gasteiger partial charge in [-0.05, 0) is 37.3 Å². The number of rotatable bonds is 5. The first kappa shape index (κ1) is 21.4. The van der Waals surface area contributed by atoms with Crippen molar-refractivity contribution in [1.29, 1.82) is 0 Å². The number of hydrogen-bond acceptors (Lipinski definition) is 8. The lowest BCUT2D eigenvalue weighted by atomic mass is 10.1. The van der Waals surface area contributed by atoms with E-state index in [4.69, 9.17) is 14.2 Å². The summed E-state index contributed by atoms with van der Waals surface area (Å²) >= 11 is 1.45. The lowest BCUT2D eigenvalue weighted by Crippen LogP contribution is -2.28. The Kier molecular flexibility index (Phi) is 5.06. The van der Waals surface area contributed by atoms with Gasteiger partial charge < -0.3 is 24.4 Å². The number of fused-ring (bicyclic) bond motifs is 2. The van der Waals surface area contributed by atoms with Crippen LogP contribution in [-0.4, -0.2) is 47.0 Å². The third-order valence-electron chi connectivity index (χ3n) is 6.01. The Morgan fingerprint density at radius 2 is 2.03 bits per heavy atom. The highest BCUT2D eigenvalue weighted by molar-refractivity contribution is 7.20. The Bertz CT molecular complexity index is 1480. The first-order valence-corrected chi connectivity index (χ1v) is 11.8. The molecule has 2 amide bonds. The number of aryl methyl sites for hydroxylation is 1. The molecule has 0 spiro atoms. The van der Waals surface area contributed by atoms with Crippen LogP contribution in [0.2, 0.25) is 0 Å². The number of nitrogens with zero attached hydrogens (tertiary/aromatic N) is 4. The van der Waals surface area contributed by atoms with E-state index in [1.54, 1.807) is 41.0 Å². The largest absolute Gasteiger partial charge is 0.497 e. The molecule has 10 nitrogen and oxygen atoms in total. The van der Waals surface area contributed by atoms with Gasteiger partial charge in [0, 0.05) is 30.8 Å². The molecule has 2 aromatic heterocycles. The molecule has 0 aliphatic carbocycles. The van der Waals surface area contributed by atoms with Gasteiger partial charge in [-0.15, -0.1) is 0 Å². The molecule has 0 radical (unpaired) electrons. The number of carbonyl (C=O) groups is 2.